The molecule has 0 atom stereocenters. The van der Waals surface area contributed by atoms with Crippen LogP contribution in [0.3, 0.4) is 0 Å². The lowest BCUT2D eigenvalue weighted by molar-refractivity contribution is 0.0926. The highest BCUT2D eigenvalue weighted by molar-refractivity contribution is 7.13. The number of hydrogen-bond acceptors (Lipinski definition) is 5. The second-order valence-corrected chi connectivity index (χ2v) is 6.72. The Morgan fingerprint density at radius 2 is 2.12 bits per heavy atom. The molecule has 4 rings (SSSR count). The fourth-order valence-corrected chi connectivity index (χ4v) is 3.45. The van der Waals surface area contributed by atoms with Gasteiger partial charge in [-0.15, -0.1) is 16.4 Å². The molecule has 0 radical (unpaired) electrons. The van der Waals surface area contributed by atoms with E-state index >= 15 is 0 Å². The molecule has 0 aliphatic carbocycles. The maximum Gasteiger partial charge on any atom is 0.346 e. The molecule has 4 aromatic rings. The van der Waals surface area contributed by atoms with Crippen molar-refractivity contribution in [2.75, 3.05) is 6.54 Å². The largest absolute Gasteiger partial charge is 0.451 e. The van der Waals surface area contributed by atoms with Gasteiger partial charge in [-0.3, -0.25) is 9.36 Å². The van der Waals surface area contributed by atoms with Gasteiger partial charge >= 0.3 is 5.69 Å². The monoisotopic (exact) mass is 368 g/mol. The second-order valence-electron chi connectivity index (χ2n) is 5.77. The summed E-state index contributed by atoms with van der Waals surface area (Å²) in [5.41, 5.74) is 0.450. The minimum absolute atomic E-state index is 0.216. The Labute approximate surface area is 152 Å². The van der Waals surface area contributed by atoms with Crippen molar-refractivity contribution in [3.05, 3.63) is 64.1 Å². The number of aromatic nitrogens is 3. The van der Waals surface area contributed by atoms with Gasteiger partial charge in [-0.05, 0) is 23.6 Å². The number of para-hydroxylation sites is 1. The molecule has 132 valence electrons. The van der Waals surface area contributed by atoms with E-state index < -0.39 is 0 Å². The minimum atomic E-state index is -0.316. The predicted octanol–water partition coefficient (Wildman–Crippen LogP) is 2.49. The summed E-state index contributed by atoms with van der Waals surface area (Å²) in [6.45, 7) is 0.556. The molecule has 26 heavy (non-hydrogen) atoms. The van der Waals surface area contributed by atoms with Gasteiger partial charge in [0.25, 0.3) is 5.91 Å². The van der Waals surface area contributed by atoms with E-state index in [1.165, 1.54) is 20.6 Å². The molecule has 1 aromatic carbocycles. The van der Waals surface area contributed by atoms with E-state index in [1.807, 2.05) is 41.8 Å². The van der Waals surface area contributed by atoms with Crippen molar-refractivity contribution in [2.45, 2.75) is 6.54 Å². The molecule has 0 saturated heterocycles. The fraction of sp³-hybridized carbons (Fsp3) is 0.167. The molecular formula is C18H16N4O3S. The van der Waals surface area contributed by atoms with Gasteiger partial charge < -0.3 is 9.73 Å². The second kappa shape index (κ2) is 6.64. The summed E-state index contributed by atoms with van der Waals surface area (Å²) in [5.74, 6) is 0.552. The third-order valence-electron chi connectivity index (χ3n) is 4.04. The summed E-state index contributed by atoms with van der Waals surface area (Å²) in [7, 11) is 1.69. The molecule has 7 nitrogen and oxygen atoms in total. The van der Waals surface area contributed by atoms with E-state index in [0.717, 1.165) is 10.3 Å². The molecule has 0 unspecified atom stereocenters. The molecule has 3 aromatic heterocycles. The maximum atomic E-state index is 12.3. The zero-order valence-electron chi connectivity index (χ0n) is 14.0. The van der Waals surface area contributed by atoms with Gasteiger partial charge in [0.1, 0.15) is 5.58 Å². The zero-order chi connectivity index (χ0) is 18.1. The van der Waals surface area contributed by atoms with Gasteiger partial charge in [-0.2, -0.15) is 0 Å². The first kappa shape index (κ1) is 16.3. The van der Waals surface area contributed by atoms with Gasteiger partial charge in [-0.25, -0.2) is 9.48 Å². The van der Waals surface area contributed by atoms with Gasteiger partial charge in [0.05, 0.1) is 11.4 Å². The Morgan fingerprint density at radius 3 is 2.88 bits per heavy atom. The molecule has 1 N–H and O–H groups in total. The van der Waals surface area contributed by atoms with Gasteiger partial charge in [-0.1, -0.05) is 24.3 Å². The number of carbonyl (C=O) groups excluding carboxylic acids is 1. The van der Waals surface area contributed by atoms with Crippen molar-refractivity contribution in [3.8, 4) is 10.7 Å². The Bertz CT molecular complexity index is 1090. The Balaban J connectivity index is 1.44. The summed E-state index contributed by atoms with van der Waals surface area (Å²) < 4.78 is 8.39. The summed E-state index contributed by atoms with van der Waals surface area (Å²) >= 11 is 1.52. The molecule has 1 amide bonds. The lowest BCUT2D eigenvalue weighted by Crippen LogP contribution is -2.31. The van der Waals surface area contributed by atoms with Crippen LogP contribution in [0.4, 0.5) is 0 Å². The van der Waals surface area contributed by atoms with E-state index in [-0.39, 0.29) is 30.4 Å². The van der Waals surface area contributed by atoms with Crippen LogP contribution in [0.1, 0.15) is 10.6 Å². The van der Waals surface area contributed by atoms with Crippen LogP contribution in [0.15, 0.2) is 57.1 Å². The fourth-order valence-electron chi connectivity index (χ4n) is 2.71. The minimum Gasteiger partial charge on any atom is -0.451 e. The quantitative estimate of drug-likeness (QED) is 0.587. The molecule has 8 heteroatoms. The number of nitrogens with zero attached hydrogens (tertiary/aromatic N) is 3. The number of benzene rings is 1. The van der Waals surface area contributed by atoms with Crippen LogP contribution in [-0.2, 0) is 13.6 Å². The van der Waals surface area contributed by atoms with Gasteiger partial charge in [0.15, 0.2) is 11.6 Å². The standard InChI is InChI=1S/C18H16N4O3S/c1-21-16(15-7-4-10-26-15)20-22(18(21)24)9-8-19-17(23)14-11-12-5-2-3-6-13(12)25-14/h2-7,10-11H,8-9H2,1H3,(H,19,23). The van der Waals surface area contributed by atoms with E-state index in [0.29, 0.717) is 11.4 Å². The number of carbonyl (C=O) groups is 1. The van der Waals surface area contributed by atoms with Crippen molar-refractivity contribution in [1.82, 2.24) is 19.7 Å². The normalized spacial score (nSPS) is 11.1. The number of rotatable bonds is 5. The van der Waals surface area contributed by atoms with Crippen LogP contribution in [0.25, 0.3) is 21.7 Å². The topological polar surface area (TPSA) is 82.1 Å². The molecule has 0 aliphatic rings. The average molecular weight is 368 g/mol. The summed E-state index contributed by atoms with van der Waals surface area (Å²) in [4.78, 5) is 25.4. The zero-order valence-corrected chi connectivity index (χ0v) is 14.8. The third kappa shape index (κ3) is 2.95. The van der Waals surface area contributed by atoms with E-state index in [4.69, 9.17) is 4.42 Å². The van der Waals surface area contributed by atoms with Crippen molar-refractivity contribution in [2.24, 2.45) is 7.05 Å². The maximum absolute atomic E-state index is 12.3. The summed E-state index contributed by atoms with van der Waals surface area (Å²) in [5, 5.41) is 9.93. The van der Waals surface area contributed by atoms with Crippen LogP contribution in [0, 0.1) is 0 Å². The number of hydrogen-bond donors (Lipinski definition) is 1. The van der Waals surface area contributed by atoms with Crippen LogP contribution in [-0.4, -0.2) is 26.8 Å². The lowest BCUT2D eigenvalue weighted by atomic mass is 10.2. The molecule has 0 saturated carbocycles. The van der Waals surface area contributed by atoms with E-state index in [1.54, 1.807) is 13.1 Å². The van der Waals surface area contributed by atoms with Crippen molar-refractivity contribution < 1.29 is 9.21 Å². The Kier molecular flexibility index (Phi) is 4.18. The number of furan rings is 1. The molecule has 3 heterocycles. The molecule has 0 bridgehead atoms. The molecule has 0 spiro atoms. The molecule has 0 fully saturated rings. The lowest BCUT2D eigenvalue weighted by Gasteiger charge is -2.02. The number of nitrogens with one attached hydrogen (secondary N) is 1. The SMILES string of the molecule is Cn1c(-c2cccs2)nn(CCNC(=O)c2cc3ccccc3o2)c1=O. The first-order valence-corrected chi connectivity index (χ1v) is 8.96. The van der Waals surface area contributed by atoms with Crippen molar-refractivity contribution in [1.29, 1.82) is 0 Å². The smallest absolute Gasteiger partial charge is 0.346 e. The first-order chi connectivity index (χ1) is 12.6. The predicted molar refractivity (Wildman–Crippen MR) is 99.3 cm³/mol. The number of thiophene rings is 1. The number of fused-ring (bicyclic) bond motifs is 1. The van der Waals surface area contributed by atoms with Gasteiger partial charge in [0.2, 0.25) is 0 Å². The van der Waals surface area contributed by atoms with Gasteiger partial charge in [0, 0.05) is 19.0 Å². The first-order valence-electron chi connectivity index (χ1n) is 8.08. The molecule has 0 aliphatic heterocycles. The summed E-state index contributed by atoms with van der Waals surface area (Å²) in [6, 6.07) is 13.0. The molecular weight excluding hydrogens is 352 g/mol. The highest BCUT2D eigenvalue weighted by Gasteiger charge is 2.14. The van der Waals surface area contributed by atoms with Crippen molar-refractivity contribution >= 4 is 28.2 Å². The highest BCUT2D eigenvalue weighted by Crippen LogP contribution is 2.21. The van der Waals surface area contributed by atoms with Crippen LogP contribution in [0.5, 0.6) is 0 Å². The van der Waals surface area contributed by atoms with Crippen LogP contribution >= 0.6 is 11.3 Å². The average Bonchev–Trinajstić information content (AvgIpc) is 3.36. The third-order valence-corrected chi connectivity index (χ3v) is 4.91. The Hall–Kier alpha value is -3.13. The van der Waals surface area contributed by atoms with Crippen LogP contribution in [0.2, 0.25) is 0 Å². The highest BCUT2D eigenvalue weighted by atomic mass is 32.1. The van der Waals surface area contributed by atoms with E-state index in [9.17, 15) is 9.59 Å². The number of amides is 1. The van der Waals surface area contributed by atoms with Crippen LogP contribution < -0.4 is 11.0 Å². The summed E-state index contributed by atoms with van der Waals surface area (Å²) in [6.07, 6.45) is 0. The Morgan fingerprint density at radius 1 is 1.27 bits per heavy atom. The van der Waals surface area contributed by atoms with E-state index in [2.05, 4.69) is 10.4 Å². The van der Waals surface area contributed by atoms with Crippen molar-refractivity contribution in [3.63, 3.8) is 0 Å².